The lowest BCUT2D eigenvalue weighted by Crippen LogP contribution is -2.62. The molecule has 5 N–H and O–H groups in total. The lowest BCUT2D eigenvalue weighted by atomic mass is 9.70. The van der Waals surface area contributed by atoms with Crippen molar-refractivity contribution < 1.29 is 77.5 Å². The number of rotatable bonds is 12. The van der Waals surface area contributed by atoms with Gasteiger partial charge in [-0.2, -0.15) is 0 Å². The molecule has 6 rings (SSSR count). The van der Waals surface area contributed by atoms with E-state index in [4.69, 9.17) is 37.9 Å². The third-order valence-corrected chi connectivity index (χ3v) is 14.6. The van der Waals surface area contributed by atoms with Crippen LogP contribution in [0.2, 0.25) is 0 Å². The molecule has 1 aromatic carbocycles. The second-order valence-electron chi connectivity index (χ2n) is 21.1. The molecule has 3 fully saturated rings. The summed E-state index contributed by atoms with van der Waals surface area (Å²) in [6.45, 7) is 15.6. The molecule has 17 heteroatoms. The van der Waals surface area contributed by atoms with Crippen molar-refractivity contribution in [2.45, 2.75) is 198 Å². The van der Waals surface area contributed by atoms with E-state index in [0.717, 1.165) is 35.4 Å². The molecule has 3 saturated heterocycles. The van der Waals surface area contributed by atoms with Gasteiger partial charge in [-0.15, -0.1) is 0 Å². The molecule has 17 nitrogen and oxygen atoms in total. The SMILES string of the molecule is C=C1CC(O)C[C@@H]2C[C@H](OC(C)=O)C(C)(C)[C@](O)(C[C@@H]3C[C@H](OC(=O)CCc4c[nH]c5ccccc45)C[C@H](/C=C/C(C)(C)[C@]4(O)O[C@@H](C/C(=C\C(=O)OC)[C@@H]4OC(=O)/C=C/C=C/CCC)C[C@H]([C@@H](C)O)O1)O3)O2. The fourth-order valence-corrected chi connectivity index (χ4v) is 10.3. The molecule has 4 aliphatic heterocycles. The van der Waals surface area contributed by atoms with Gasteiger partial charge in [-0.1, -0.05) is 96.2 Å². The van der Waals surface area contributed by atoms with Gasteiger partial charge in [0.2, 0.25) is 5.79 Å². The zero-order valence-corrected chi connectivity index (χ0v) is 43.6. The first-order valence-electron chi connectivity index (χ1n) is 25.5. The predicted molar refractivity (Wildman–Crippen MR) is 269 cm³/mol. The number of carbonyl (C=O) groups excluding carboxylic acids is 4. The maximum Gasteiger partial charge on any atom is 0.331 e. The van der Waals surface area contributed by atoms with E-state index in [1.807, 2.05) is 43.5 Å². The highest BCUT2D eigenvalue weighted by molar-refractivity contribution is 5.85. The highest BCUT2D eigenvalue weighted by atomic mass is 16.7. The van der Waals surface area contributed by atoms with Crippen molar-refractivity contribution in [1.29, 1.82) is 0 Å². The smallest absolute Gasteiger partial charge is 0.331 e. The second-order valence-corrected chi connectivity index (χ2v) is 21.1. The Bertz CT molecular complexity index is 2380. The van der Waals surface area contributed by atoms with Crippen LogP contribution in [0.25, 0.3) is 10.9 Å². The number of H-pyrrole nitrogens is 1. The van der Waals surface area contributed by atoms with Gasteiger partial charge in [-0.05, 0) is 43.4 Å². The summed E-state index contributed by atoms with van der Waals surface area (Å²) in [5, 5.41) is 49.5. The van der Waals surface area contributed by atoms with Crippen molar-refractivity contribution in [1.82, 2.24) is 4.98 Å². The molecule has 0 aliphatic carbocycles. The number of aliphatic hydroxyl groups is 4. The number of benzene rings is 1. The Morgan fingerprint density at radius 2 is 1.68 bits per heavy atom. The summed E-state index contributed by atoms with van der Waals surface area (Å²) in [5.74, 6) is -6.97. The zero-order valence-electron chi connectivity index (χ0n) is 43.6. The molecule has 0 saturated carbocycles. The van der Waals surface area contributed by atoms with Crippen molar-refractivity contribution in [3.05, 3.63) is 96.5 Å². The summed E-state index contributed by atoms with van der Waals surface area (Å²) in [6.07, 6.45) is 4.90. The number of fused-ring (bicyclic) bond motifs is 7. The van der Waals surface area contributed by atoms with Gasteiger partial charge in [0.15, 0.2) is 11.9 Å². The van der Waals surface area contributed by atoms with Crippen molar-refractivity contribution in [2.75, 3.05) is 7.11 Å². The molecular formula is C56H77NO16. The van der Waals surface area contributed by atoms with Crippen LogP contribution < -0.4 is 0 Å². The van der Waals surface area contributed by atoms with E-state index in [1.54, 1.807) is 45.9 Å². The number of ether oxygens (including phenoxy) is 8. The number of aromatic amines is 1. The highest BCUT2D eigenvalue weighted by Crippen LogP contribution is 2.50. The summed E-state index contributed by atoms with van der Waals surface area (Å²) in [7, 11) is 1.20. The topological polar surface area (TPSA) is 239 Å². The second kappa shape index (κ2) is 24.5. The summed E-state index contributed by atoms with van der Waals surface area (Å²) in [6, 6.07) is 7.81. The number of methoxy groups -OCH3 is 1. The van der Waals surface area contributed by atoms with Gasteiger partial charge in [-0.3, -0.25) is 9.59 Å². The average Bonchev–Trinajstić information content (AvgIpc) is 3.72. The fraction of sp³-hybridized carbons (Fsp3) is 0.607. The third-order valence-electron chi connectivity index (χ3n) is 14.6. The largest absolute Gasteiger partial charge is 0.493 e. The number of para-hydroxylation sites is 1. The van der Waals surface area contributed by atoms with Crippen LogP contribution in [0.3, 0.4) is 0 Å². The number of aryl methyl sites for hydroxylation is 1. The van der Waals surface area contributed by atoms with Gasteiger partial charge < -0.3 is 63.3 Å². The molecule has 4 aliphatic rings. The van der Waals surface area contributed by atoms with E-state index in [-0.39, 0.29) is 69.1 Å². The summed E-state index contributed by atoms with van der Waals surface area (Å²) in [4.78, 5) is 56.1. The van der Waals surface area contributed by atoms with Crippen LogP contribution in [0.15, 0.2) is 90.9 Å². The van der Waals surface area contributed by atoms with E-state index in [2.05, 4.69) is 11.6 Å². The van der Waals surface area contributed by atoms with Crippen LogP contribution >= 0.6 is 0 Å². The van der Waals surface area contributed by atoms with Crippen LogP contribution in [0.4, 0.5) is 0 Å². The Morgan fingerprint density at radius 3 is 2.40 bits per heavy atom. The molecule has 12 atom stereocenters. The number of allylic oxidation sites excluding steroid dienone is 3. The summed E-state index contributed by atoms with van der Waals surface area (Å²) < 4.78 is 49.2. The molecule has 0 radical (unpaired) electrons. The highest BCUT2D eigenvalue weighted by Gasteiger charge is 2.59. The number of unbranched alkanes of at least 4 members (excludes halogenated alkanes) is 1. The maximum absolute atomic E-state index is 13.7. The van der Waals surface area contributed by atoms with Gasteiger partial charge in [0.1, 0.15) is 18.3 Å². The molecule has 1 aromatic heterocycles. The Hall–Kier alpha value is -5.14. The molecule has 402 valence electrons. The van der Waals surface area contributed by atoms with Gasteiger partial charge in [0.05, 0.1) is 54.9 Å². The number of hydrogen-bond acceptors (Lipinski definition) is 16. The lowest BCUT2D eigenvalue weighted by Gasteiger charge is -2.54. The van der Waals surface area contributed by atoms with E-state index in [0.29, 0.717) is 6.42 Å². The summed E-state index contributed by atoms with van der Waals surface area (Å²) >= 11 is 0. The van der Waals surface area contributed by atoms with Crippen molar-refractivity contribution in [2.24, 2.45) is 10.8 Å². The van der Waals surface area contributed by atoms with Gasteiger partial charge >= 0.3 is 23.9 Å². The zero-order chi connectivity index (χ0) is 53.3. The van der Waals surface area contributed by atoms with Crippen LogP contribution in [0.1, 0.15) is 125 Å². The first-order valence-corrected chi connectivity index (χ1v) is 25.5. The van der Waals surface area contributed by atoms with E-state index in [1.165, 1.54) is 33.1 Å². The third kappa shape index (κ3) is 14.4. The number of aliphatic hydroxyl groups excluding tert-OH is 2. The number of hydrogen-bond donors (Lipinski definition) is 5. The molecule has 73 heavy (non-hydrogen) atoms. The number of carbonyl (C=O) groups is 4. The Kier molecular flexibility index (Phi) is 19.2. The van der Waals surface area contributed by atoms with E-state index in [9.17, 15) is 39.6 Å². The lowest BCUT2D eigenvalue weighted by molar-refractivity contribution is -0.350. The standard InChI is InChI=1S/C56H77NO16/c1-10-11-12-13-14-19-49(61)71-52-38(26-51(63)66-9)25-42-30-47(35(3)58)67-34(2)24-39(60)27-43-31-48(68-36(4)59)54(7,8)55(64,72-43)32-44-29-41(28-40(69-44)22-23-53(5,6)56(52,65)73-42)70-50(62)21-20-37-33-57-46-18-16-15-17-45(37)46/h12-19,22-23,26,33,35,39-44,47-48,52,57-58,60,64-65H,2,10-11,20-21,24-25,27-32H2,1,3-9H3/b13-12+,19-14+,23-22+,38-26+/t35-,39?,40+,41-,42+,43-,44+,47-,48+,52+,55+,56-/m1/s1. The fourth-order valence-electron chi connectivity index (χ4n) is 10.3. The maximum atomic E-state index is 13.7. The molecule has 1 unspecified atom stereocenters. The minimum Gasteiger partial charge on any atom is -0.493 e. The van der Waals surface area contributed by atoms with Crippen molar-refractivity contribution >= 4 is 34.8 Å². The minimum absolute atomic E-state index is 0.0364. The molecule has 5 heterocycles. The van der Waals surface area contributed by atoms with E-state index < -0.39 is 107 Å². The quantitative estimate of drug-likeness (QED) is 0.0465. The van der Waals surface area contributed by atoms with Crippen LogP contribution in [0.5, 0.6) is 0 Å². The normalized spacial score (nSPS) is 33.3. The first-order chi connectivity index (χ1) is 34.4. The number of aromatic nitrogens is 1. The van der Waals surface area contributed by atoms with Crippen LogP contribution in [-0.2, 0) is 63.5 Å². The van der Waals surface area contributed by atoms with Gasteiger partial charge in [-0.25, -0.2) is 9.59 Å². The molecular weight excluding hydrogens is 943 g/mol. The average molecular weight is 1020 g/mol. The Morgan fingerprint density at radius 1 is 0.932 bits per heavy atom. The van der Waals surface area contributed by atoms with Crippen molar-refractivity contribution in [3.63, 3.8) is 0 Å². The predicted octanol–water partition coefficient (Wildman–Crippen LogP) is 7.19. The molecule has 2 aromatic rings. The molecule has 0 spiro atoms. The number of nitrogens with one attached hydrogen (secondary N) is 1. The first kappa shape index (κ1) is 57.1. The summed E-state index contributed by atoms with van der Waals surface area (Å²) in [5.41, 5.74) is -0.643. The molecule has 0 amide bonds. The Labute approximate surface area is 428 Å². The minimum atomic E-state index is -2.43. The monoisotopic (exact) mass is 1020 g/mol. The van der Waals surface area contributed by atoms with E-state index >= 15 is 0 Å². The van der Waals surface area contributed by atoms with Gasteiger partial charge in [0.25, 0.3) is 0 Å². The van der Waals surface area contributed by atoms with Crippen molar-refractivity contribution in [3.8, 4) is 0 Å². The number of esters is 4. The molecule has 6 bridgehead atoms. The van der Waals surface area contributed by atoms with Gasteiger partial charge in [0, 0.05) is 93.0 Å². The van der Waals surface area contributed by atoms with Crippen LogP contribution in [-0.4, -0.2) is 129 Å². The van der Waals surface area contributed by atoms with Crippen LogP contribution in [0, 0.1) is 10.8 Å². The Balaban J connectivity index is 1.41.